The van der Waals surface area contributed by atoms with E-state index in [4.69, 9.17) is 23.2 Å². The summed E-state index contributed by atoms with van der Waals surface area (Å²) in [6.45, 7) is 0.462. The molecule has 3 aromatic rings. The van der Waals surface area contributed by atoms with Gasteiger partial charge in [-0.05, 0) is 49.6 Å². The molecule has 0 aliphatic carbocycles. The van der Waals surface area contributed by atoms with Crippen molar-refractivity contribution in [1.29, 1.82) is 0 Å². The number of hydrogen-bond acceptors (Lipinski definition) is 3. The van der Waals surface area contributed by atoms with Gasteiger partial charge in [-0.15, -0.1) is 0 Å². The summed E-state index contributed by atoms with van der Waals surface area (Å²) in [5.74, 6) is 0.0368. The lowest BCUT2D eigenvalue weighted by Crippen LogP contribution is -2.14. The monoisotopic (exact) mass is 491 g/mol. The highest BCUT2D eigenvalue weighted by Crippen LogP contribution is 2.25. The zero-order valence-corrected chi connectivity index (χ0v) is 16.5. The van der Waals surface area contributed by atoms with Gasteiger partial charge in [0.2, 0.25) is 0 Å². The number of hydrogen-bond donors (Lipinski definition) is 2. The highest BCUT2D eigenvalue weighted by atomic mass is 79.9. The number of rotatable bonds is 4. The summed E-state index contributed by atoms with van der Waals surface area (Å²) in [7, 11) is 0. The number of aromatic nitrogens is 4. The van der Waals surface area contributed by atoms with Crippen LogP contribution in [0.5, 0.6) is 0 Å². The zero-order valence-electron chi connectivity index (χ0n) is 11.9. The highest BCUT2D eigenvalue weighted by molar-refractivity contribution is 9.13. The maximum absolute atomic E-state index is 12.2. The minimum absolute atomic E-state index is 0.233. The number of nitrogens with one attached hydrogen (secondary N) is 2. The van der Waals surface area contributed by atoms with Crippen molar-refractivity contribution in [3.05, 3.63) is 60.8 Å². The van der Waals surface area contributed by atoms with Gasteiger partial charge in [0.1, 0.15) is 4.60 Å². The van der Waals surface area contributed by atoms with E-state index in [1.165, 1.54) is 0 Å². The van der Waals surface area contributed by atoms with Crippen molar-refractivity contribution in [2.75, 3.05) is 5.32 Å². The quantitative estimate of drug-likeness (QED) is 0.551. The van der Waals surface area contributed by atoms with Crippen molar-refractivity contribution in [3.63, 3.8) is 0 Å². The summed E-state index contributed by atoms with van der Waals surface area (Å²) in [4.78, 5) is 12.2. The van der Waals surface area contributed by atoms with Gasteiger partial charge >= 0.3 is 0 Å². The molecular formula is C14H9Br2Cl2N5O. The third kappa shape index (κ3) is 3.83. The van der Waals surface area contributed by atoms with Crippen molar-refractivity contribution in [2.24, 2.45) is 0 Å². The molecule has 0 unspecified atom stereocenters. The largest absolute Gasteiger partial charge is 0.304 e. The predicted octanol–water partition coefficient (Wildman–Crippen LogP) is 4.74. The Morgan fingerprint density at radius 2 is 2.08 bits per heavy atom. The molecule has 10 heteroatoms. The van der Waals surface area contributed by atoms with Gasteiger partial charge in [-0.25, -0.2) is 0 Å². The van der Waals surface area contributed by atoms with Gasteiger partial charge in [-0.2, -0.15) is 10.2 Å². The number of carbonyl (C=O) groups excluding carboxylic acids is 1. The summed E-state index contributed by atoms with van der Waals surface area (Å²) < 4.78 is 2.81. The van der Waals surface area contributed by atoms with E-state index >= 15 is 0 Å². The smallest absolute Gasteiger partial charge is 0.278 e. The van der Waals surface area contributed by atoms with E-state index in [-0.39, 0.29) is 11.6 Å². The molecule has 1 amide bonds. The van der Waals surface area contributed by atoms with Crippen LogP contribution in [-0.2, 0) is 6.54 Å². The van der Waals surface area contributed by atoms with Gasteiger partial charge in [0.05, 0.1) is 11.0 Å². The minimum Gasteiger partial charge on any atom is -0.304 e. The van der Waals surface area contributed by atoms with E-state index in [1.54, 1.807) is 29.1 Å². The predicted molar refractivity (Wildman–Crippen MR) is 99.7 cm³/mol. The van der Waals surface area contributed by atoms with Gasteiger partial charge < -0.3 is 5.32 Å². The number of nitrogens with zero attached hydrogens (tertiary/aromatic N) is 3. The van der Waals surface area contributed by atoms with E-state index in [0.29, 0.717) is 31.5 Å². The van der Waals surface area contributed by atoms with Crippen LogP contribution in [-0.4, -0.2) is 25.9 Å². The van der Waals surface area contributed by atoms with E-state index in [9.17, 15) is 4.79 Å². The van der Waals surface area contributed by atoms with Gasteiger partial charge in [0, 0.05) is 22.3 Å². The third-order valence-electron chi connectivity index (χ3n) is 3.11. The normalized spacial score (nSPS) is 10.8. The van der Waals surface area contributed by atoms with Crippen LogP contribution in [0.15, 0.2) is 39.5 Å². The number of carbonyl (C=O) groups is 1. The van der Waals surface area contributed by atoms with Crippen LogP contribution in [0.4, 0.5) is 5.82 Å². The van der Waals surface area contributed by atoms with Crippen molar-refractivity contribution in [2.45, 2.75) is 6.54 Å². The second kappa shape index (κ2) is 7.26. The van der Waals surface area contributed by atoms with Gasteiger partial charge in [0.15, 0.2) is 11.5 Å². The highest BCUT2D eigenvalue weighted by Gasteiger charge is 2.17. The van der Waals surface area contributed by atoms with Crippen LogP contribution in [0.3, 0.4) is 0 Å². The lowest BCUT2D eigenvalue weighted by molar-refractivity contribution is 0.102. The molecule has 0 radical (unpaired) electrons. The van der Waals surface area contributed by atoms with Crippen LogP contribution >= 0.6 is 55.1 Å². The Labute approximate surface area is 163 Å². The van der Waals surface area contributed by atoms with E-state index in [2.05, 4.69) is 52.5 Å². The van der Waals surface area contributed by atoms with Crippen LogP contribution < -0.4 is 5.32 Å². The average Bonchev–Trinajstić information content (AvgIpc) is 3.10. The molecule has 2 N–H and O–H groups in total. The summed E-state index contributed by atoms with van der Waals surface area (Å²) in [6.07, 6.45) is 1.75. The van der Waals surface area contributed by atoms with Gasteiger partial charge in [-0.3, -0.25) is 14.6 Å². The standard InChI is InChI=1S/C14H9Br2Cl2N5O/c15-11-12(20-21-13(11)16)14(24)19-10-3-4-23(22-10)6-7-1-2-8(17)5-9(7)18/h1-5H,6H2,(H,20,21)(H,19,22,24). The molecule has 0 aliphatic rings. The summed E-state index contributed by atoms with van der Waals surface area (Å²) >= 11 is 18.5. The molecule has 3 rings (SSSR count). The van der Waals surface area contributed by atoms with Crippen LogP contribution in [0, 0.1) is 0 Å². The molecule has 6 nitrogen and oxygen atoms in total. The Balaban J connectivity index is 1.71. The molecular weight excluding hydrogens is 485 g/mol. The van der Waals surface area contributed by atoms with E-state index in [1.807, 2.05) is 6.07 Å². The van der Waals surface area contributed by atoms with Crippen LogP contribution in [0.25, 0.3) is 0 Å². The second-order valence-electron chi connectivity index (χ2n) is 4.79. The summed E-state index contributed by atoms with van der Waals surface area (Å²) in [5, 5.41) is 14.7. The van der Waals surface area contributed by atoms with E-state index < -0.39 is 0 Å². The molecule has 0 spiro atoms. The molecule has 2 heterocycles. The number of anilines is 1. The van der Waals surface area contributed by atoms with Gasteiger partial charge in [-0.1, -0.05) is 29.3 Å². The molecule has 0 atom stereocenters. The Bertz CT molecular complexity index is 908. The average molecular weight is 494 g/mol. The van der Waals surface area contributed by atoms with Crippen LogP contribution in [0.1, 0.15) is 16.1 Å². The fourth-order valence-corrected chi connectivity index (χ4v) is 3.08. The van der Waals surface area contributed by atoms with E-state index in [0.717, 1.165) is 5.56 Å². The van der Waals surface area contributed by atoms with Crippen molar-refractivity contribution >= 4 is 66.8 Å². The maximum Gasteiger partial charge on any atom is 0.278 e. The first kappa shape index (κ1) is 17.5. The first-order chi connectivity index (χ1) is 11.4. The Morgan fingerprint density at radius 3 is 2.75 bits per heavy atom. The molecule has 0 saturated heterocycles. The molecule has 0 saturated carbocycles. The SMILES string of the molecule is O=C(Nc1ccn(Cc2ccc(Cl)cc2Cl)n1)c1n[nH]c(Br)c1Br. The summed E-state index contributed by atoms with van der Waals surface area (Å²) in [6, 6.07) is 6.97. The number of aromatic amines is 1. The molecule has 124 valence electrons. The molecule has 1 aromatic carbocycles. The second-order valence-corrected chi connectivity index (χ2v) is 7.22. The minimum atomic E-state index is -0.376. The molecule has 0 aliphatic heterocycles. The number of halogens is 4. The Hall–Kier alpha value is -1.35. The number of benzene rings is 1. The Kier molecular flexibility index (Phi) is 5.29. The molecule has 24 heavy (non-hydrogen) atoms. The Morgan fingerprint density at radius 1 is 1.29 bits per heavy atom. The lowest BCUT2D eigenvalue weighted by Gasteiger charge is -2.05. The van der Waals surface area contributed by atoms with Crippen LogP contribution in [0.2, 0.25) is 10.0 Å². The first-order valence-electron chi connectivity index (χ1n) is 6.62. The maximum atomic E-state index is 12.2. The van der Waals surface area contributed by atoms with Crippen molar-refractivity contribution in [3.8, 4) is 0 Å². The topological polar surface area (TPSA) is 75.6 Å². The van der Waals surface area contributed by atoms with Crippen molar-refractivity contribution < 1.29 is 4.79 Å². The molecule has 0 fully saturated rings. The lowest BCUT2D eigenvalue weighted by atomic mass is 10.2. The number of amides is 1. The zero-order chi connectivity index (χ0) is 17.3. The fourth-order valence-electron chi connectivity index (χ4n) is 1.97. The summed E-state index contributed by atoms with van der Waals surface area (Å²) in [5.41, 5.74) is 1.11. The number of H-pyrrole nitrogens is 1. The molecule has 0 bridgehead atoms. The molecule has 2 aromatic heterocycles. The fraction of sp³-hybridized carbons (Fsp3) is 0.0714. The third-order valence-corrected chi connectivity index (χ3v) is 5.58. The van der Waals surface area contributed by atoms with Gasteiger partial charge in [0.25, 0.3) is 5.91 Å². The first-order valence-corrected chi connectivity index (χ1v) is 8.96. The van der Waals surface area contributed by atoms with Crippen molar-refractivity contribution in [1.82, 2.24) is 20.0 Å².